The van der Waals surface area contributed by atoms with E-state index in [2.05, 4.69) is 5.32 Å². The summed E-state index contributed by atoms with van der Waals surface area (Å²) in [6.45, 7) is 1.33. The zero-order valence-electron chi connectivity index (χ0n) is 9.59. The molecule has 0 radical (unpaired) electrons. The summed E-state index contributed by atoms with van der Waals surface area (Å²) in [6.07, 6.45) is 6.83. The highest BCUT2D eigenvalue weighted by molar-refractivity contribution is 5.78. The zero-order valence-corrected chi connectivity index (χ0v) is 9.59. The van der Waals surface area contributed by atoms with Gasteiger partial charge in [-0.15, -0.1) is 0 Å². The van der Waals surface area contributed by atoms with Gasteiger partial charge in [-0.2, -0.15) is 0 Å². The lowest BCUT2D eigenvalue weighted by molar-refractivity contribution is -0.235. The van der Waals surface area contributed by atoms with Gasteiger partial charge in [0.15, 0.2) is 5.79 Å². The van der Waals surface area contributed by atoms with Crippen molar-refractivity contribution in [3.8, 4) is 0 Å². The Bertz CT molecular complexity index is 295. The molecule has 0 aromatic heterocycles. The molecule has 16 heavy (non-hydrogen) atoms. The Morgan fingerprint density at radius 3 is 2.44 bits per heavy atom. The summed E-state index contributed by atoms with van der Waals surface area (Å²) in [6, 6.07) is 0. The van der Waals surface area contributed by atoms with Crippen molar-refractivity contribution in [2.24, 2.45) is 0 Å². The van der Waals surface area contributed by atoms with Crippen molar-refractivity contribution in [2.75, 3.05) is 13.2 Å². The lowest BCUT2D eigenvalue weighted by Gasteiger charge is -2.51. The minimum Gasteiger partial charge on any atom is -0.345 e. The molecule has 2 heterocycles. The van der Waals surface area contributed by atoms with Crippen molar-refractivity contribution in [3.63, 3.8) is 0 Å². The molecule has 0 bridgehead atoms. The number of carbonyl (C=O) groups is 1. The largest absolute Gasteiger partial charge is 0.345 e. The molecule has 2 aliphatic heterocycles. The lowest BCUT2D eigenvalue weighted by atomic mass is 9.71. The quantitative estimate of drug-likeness (QED) is 0.677. The number of hydrogen-bond acceptors (Lipinski definition) is 3. The van der Waals surface area contributed by atoms with Crippen LogP contribution in [-0.2, 0) is 14.3 Å². The van der Waals surface area contributed by atoms with E-state index >= 15 is 0 Å². The molecule has 1 aliphatic carbocycles. The smallest absolute Gasteiger partial charge is 0.220 e. The topological polar surface area (TPSA) is 47.6 Å². The standard InChI is InChI=1S/C12H19NO3/c14-10-4-3-6-11(13-10)5-1-2-7-12(11)15-8-9-16-12/h1-9H2,(H,13,14)/t11-/m0/s1. The molecule has 0 aromatic rings. The molecular formula is C12H19NO3. The van der Waals surface area contributed by atoms with E-state index in [4.69, 9.17) is 9.47 Å². The van der Waals surface area contributed by atoms with Crippen LogP contribution in [0.15, 0.2) is 0 Å². The van der Waals surface area contributed by atoms with Crippen molar-refractivity contribution in [3.05, 3.63) is 0 Å². The van der Waals surface area contributed by atoms with Crippen LogP contribution >= 0.6 is 0 Å². The first kappa shape index (κ1) is 10.5. The first-order valence-corrected chi connectivity index (χ1v) is 6.35. The van der Waals surface area contributed by atoms with Crippen LogP contribution < -0.4 is 5.32 Å². The second kappa shape index (κ2) is 3.70. The first-order valence-electron chi connectivity index (χ1n) is 6.35. The third-order valence-corrected chi connectivity index (χ3v) is 4.23. The second-order valence-electron chi connectivity index (χ2n) is 5.14. The molecule has 1 atom stereocenters. The van der Waals surface area contributed by atoms with Gasteiger partial charge in [-0.05, 0) is 25.7 Å². The fourth-order valence-corrected chi connectivity index (χ4v) is 3.51. The van der Waals surface area contributed by atoms with Crippen LogP contribution in [0.1, 0.15) is 44.9 Å². The molecule has 1 saturated carbocycles. The van der Waals surface area contributed by atoms with Crippen molar-refractivity contribution >= 4 is 5.91 Å². The Hall–Kier alpha value is -0.610. The van der Waals surface area contributed by atoms with Crippen LogP contribution in [0.2, 0.25) is 0 Å². The van der Waals surface area contributed by atoms with E-state index in [0.29, 0.717) is 19.6 Å². The van der Waals surface area contributed by atoms with Gasteiger partial charge >= 0.3 is 0 Å². The number of amides is 1. The average Bonchev–Trinajstić information content (AvgIpc) is 2.73. The number of fused-ring (bicyclic) bond motifs is 1. The summed E-state index contributed by atoms with van der Waals surface area (Å²) in [7, 11) is 0. The fourth-order valence-electron chi connectivity index (χ4n) is 3.51. The molecular weight excluding hydrogens is 206 g/mol. The Balaban J connectivity index is 1.91. The van der Waals surface area contributed by atoms with Crippen molar-refractivity contribution in [1.82, 2.24) is 5.32 Å². The third-order valence-electron chi connectivity index (χ3n) is 4.23. The predicted octanol–water partition coefficient (Wildman–Crippen LogP) is 1.34. The average molecular weight is 225 g/mol. The molecule has 2 spiro atoms. The van der Waals surface area contributed by atoms with Crippen molar-refractivity contribution < 1.29 is 14.3 Å². The van der Waals surface area contributed by atoms with Crippen LogP contribution in [-0.4, -0.2) is 30.4 Å². The van der Waals surface area contributed by atoms with Gasteiger partial charge in [-0.25, -0.2) is 0 Å². The van der Waals surface area contributed by atoms with Crippen LogP contribution in [0.4, 0.5) is 0 Å². The Kier molecular flexibility index (Phi) is 2.44. The molecule has 3 fully saturated rings. The highest BCUT2D eigenvalue weighted by Crippen LogP contribution is 2.47. The van der Waals surface area contributed by atoms with E-state index in [9.17, 15) is 4.79 Å². The molecule has 0 unspecified atom stereocenters. The Labute approximate surface area is 95.7 Å². The van der Waals surface area contributed by atoms with Gasteiger partial charge in [0.2, 0.25) is 5.91 Å². The van der Waals surface area contributed by atoms with Gasteiger partial charge < -0.3 is 14.8 Å². The molecule has 1 N–H and O–H groups in total. The molecule has 1 amide bonds. The van der Waals surface area contributed by atoms with Crippen LogP contribution in [0.3, 0.4) is 0 Å². The number of piperidine rings is 1. The number of nitrogens with one attached hydrogen (secondary N) is 1. The van der Waals surface area contributed by atoms with E-state index < -0.39 is 5.79 Å². The van der Waals surface area contributed by atoms with Crippen molar-refractivity contribution in [2.45, 2.75) is 56.3 Å². The zero-order chi connectivity index (χ0) is 11.1. The van der Waals surface area contributed by atoms with Crippen LogP contribution in [0, 0.1) is 0 Å². The van der Waals surface area contributed by atoms with Gasteiger partial charge in [0.05, 0.1) is 18.8 Å². The molecule has 4 nitrogen and oxygen atoms in total. The third kappa shape index (κ3) is 1.39. The molecule has 0 aromatic carbocycles. The van der Waals surface area contributed by atoms with Gasteiger partial charge in [-0.3, -0.25) is 4.79 Å². The molecule has 4 heteroatoms. The van der Waals surface area contributed by atoms with Crippen LogP contribution in [0.5, 0.6) is 0 Å². The maximum atomic E-state index is 11.7. The molecule has 3 rings (SSSR count). The molecule has 3 aliphatic rings. The lowest BCUT2D eigenvalue weighted by Crippen LogP contribution is -2.67. The summed E-state index contributed by atoms with van der Waals surface area (Å²) in [4.78, 5) is 11.7. The van der Waals surface area contributed by atoms with Crippen LogP contribution in [0.25, 0.3) is 0 Å². The fraction of sp³-hybridized carbons (Fsp3) is 0.917. The van der Waals surface area contributed by atoms with Crippen molar-refractivity contribution in [1.29, 1.82) is 0 Å². The van der Waals surface area contributed by atoms with E-state index in [1.165, 1.54) is 0 Å². The van der Waals surface area contributed by atoms with E-state index in [0.717, 1.165) is 38.5 Å². The Morgan fingerprint density at radius 2 is 1.69 bits per heavy atom. The van der Waals surface area contributed by atoms with E-state index in [1.54, 1.807) is 0 Å². The number of carbonyl (C=O) groups excluding carboxylic acids is 1. The second-order valence-corrected chi connectivity index (χ2v) is 5.14. The van der Waals surface area contributed by atoms with Gasteiger partial charge in [-0.1, -0.05) is 6.42 Å². The normalized spacial score (nSPS) is 37.9. The van der Waals surface area contributed by atoms with E-state index in [-0.39, 0.29) is 11.4 Å². The molecule has 90 valence electrons. The minimum atomic E-state index is -0.513. The monoisotopic (exact) mass is 225 g/mol. The highest BCUT2D eigenvalue weighted by Gasteiger charge is 2.58. The van der Waals surface area contributed by atoms with Gasteiger partial charge in [0.1, 0.15) is 0 Å². The SMILES string of the molecule is O=C1CCC[C@]2(CCCCC23OCCO3)N1. The maximum absolute atomic E-state index is 11.7. The first-order chi connectivity index (χ1) is 7.77. The summed E-state index contributed by atoms with van der Waals surface area (Å²) in [5.74, 6) is -0.354. The Morgan fingerprint density at radius 1 is 1.00 bits per heavy atom. The number of rotatable bonds is 0. The molecule has 2 saturated heterocycles. The minimum absolute atomic E-state index is 0.159. The summed E-state index contributed by atoms with van der Waals surface area (Å²) in [5, 5.41) is 3.18. The van der Waals surface area contributed by atoms with Gasteiger partial charge in [0.25, 0.3) is 0 Å². The van der Waals surface area contributed by atoms with E-state index in [1.807, 2.05) is 0 Å². The summed E-state index contributed by atoms with van der Waals surface area (Å²) >= 11 is 0. The highest BCUT2D eigenvalue weighted by atomic mass is 16.7. The number of hydrogen-bond donors (Lipinski definition) is 1. The number of ether oxygens (including phenoxy) is 2. The summed E-state index contributed by atoms with van der Waals surface area (Å²) < 4.78 is 11.8. The van der Waals surface area contributed by atoms with Gasteiger partial charge in [0, 0.05) is 12.8 Å². The summed E-state index contributed by atoms with van der Waals surface area (Å²) in [5.41, 5.74) is -0.239. The predicted molar refractivity (Wildman–Crippen MR) is 57.8 cm³/mol. The maximum Gasteiger partial charge on any atom is 0.220 e.